The molecule has 1 aliphatic rings. The van der Waals surface area contributed by atoms with Gasteiger partial charge in [0.2, 0.25) is 0 Å². The monoisotopic (exact) mass is 309 g/mol. The van der Waals surface area contributed by atoms with Crippen LogP contribution in [-0.4, -0.2) is 16.1 Å². The van der Waals surface area contributed by atoms with Gasteiger partial charge < -0.3 is 5.11 Å². The van der Waals surface area contributed by atoms with Crippen molar-refractivity contribution in [2.75, 3.05) is 0 Å². The van der Waals surface area contributed by atoms with E-state index in [1.165, 1.54) is 24.1 Å². The number of hydrogen-bond donors (Lipinski definition) is 1. The minimum atomic E-state index is -0.623. The largest absolute Gasteiger partial charge is 0.481 e. The molecule has 1 saturated carbocycles. The van der Waals surface area contributed by atoms with E-state index >= 15 is 0 Å². The van der Waals surface area contributed by atoms with Gasteiger partial charge in [0.25, 0.3) is 0 Å². The van der Waals surface area contributed by atoms with Gasteiger partial charge in [0, 0.05) is 11.3 Å². The van der Waals surface area contributed by atoms with Crippen LogP contribution in [0, 0.1) is 25.2 Å². The van der Waals surface area contributed by atoms with Crippen LogP contribution in [0.4, 0.5) is 0 Å². The van der Waals surface area contributed by atoms with Gasteiger partial charge in [0.1, 0.15) is 0 Å². The third kappa shape index (κ3) is 3.85. The first-order valence-corrected chi connectivity index (χ1v) is 8.95. The van der Waals surface area contributed by atoms with Crippen LogP contribution in [0.5, 0.6) is 0 Å². The molecule has 0 bridgehead atoms. The molecule has 1 aliphatic carbocycles. The summed E-state index contributed by atoms with van der Waals surface area (Å²) in [6, 6.07) is 0. The number of thiazole rings is 1. The van der Waals surface area contributed by atoms with Gasteiger partial charge in [0.15, 0.2) is 0 Å². The van der Waals surface area contributed by atoms with Crippen molar-refractivity contribution < 1.29 is 9.90 Å². The van der Waals surface area contributed by atoms with E-state index in [2.05, 4.69) is 18.8 Å². The van der Waals surface area contributed by atoms with Crippen LogP contribution in [0.1, 0.15) is 67.4 Å². The molecule has 0 aliphatic heterocycles. The van der Waals surface area contributed by atoms with E-state index in [9.17, 15) is 9.90 Å². The first kappa shape index (κ1) is 16.5. The van der Waals surface area contributed by atoms with Gasteiger partial charge in [-0.05, 0) is 45.4 Å². The van der Waals surface area contributed by atoms with Gasteiger partial charge in [0.05, 0.1) is 16.1 Å². The second-order valence-corrected chi connectivity index (χ2v) is 7.88. The Morgan fingerprint density at radius 1 is 1.38 bits per heavy atom. The molecule has 118 valence electrons. The zero-order valence-electron chi connectivity index (χ0n) is 13.4. The van der Waals surface area contributed by atoms with Crippen molar-refractivity contribution in [3.05, 3.63) is 15.6 Å². The topological polar surface area (TPSA) is 50.2 Å². The maximum Gasteiger partial charge on any atom is 0.310 e. The highest BCUT2D eigenvalue weighted by molar-refractivity contribution is 7.11. The lowest BCUT2D eigenvalue weighted by atomic mass is 9.68. The highest BCUT2D eigenvalue weighted by Crippen LogP contribution is 2.43. The fraction of sp³-hybridized carbons (Fsp3) is 0.765. The normalized spacial score (nSPS) is 26.0. The molecule has 0 aromatic carbocycles. The fourth-order valence-corrected chi connectivity index (χ4v) is 4.46. The lowest BCUT2D eigenvalue weighted by Crippen LogP contribution is -2.37. The fourth-order valence-electron chi connectivity index (χ4n) is 3.38. The molecule has 2 rings (SSSR count). The average molecular weight is 309 g/mol. The van der Waals surface area contributed by atoms with E-state index in [1.54, 1.807) is 11.3 Å². The van der Waals surface area contributed by atoms with Gasteiger partial charge in [-0.25, -0.2) is 4.98 Å². The molecule has 21 heavy (non-hydrogen) atoms. The van der Waals surface area contributed by atoms with Gasteiger partial charge in [-0.15, -0.1) is 11.3 Å². The van der Waals surface area contributed by atoms with Gasteiger partial charge >= 0.3 is 5.97 Å². The molecule has 0 saturated heterocycles. The number of nitrogens with zero attached hydrogens (tertiary/aromatic N) is 1. The number of aryl methyl sites for hydroxylation is 2. The van der Waals surface area contributed by atoms with E-state index in [0.717, 1.165) is 42.3 Å². The Hall–Kier alpha value is -0.900. The molecule has 1 aromatic heterocycles. The first-order chi connectivity index (χ1) is 9.97. The maximum absolute atomic E-state index is 11.9. The summed E-state index contributed by atoms with van der Waals surface area (Å²) in [7, 11) is 0. The van der Waals surface area contributed by atoms with E-state index in [4.69, 9.17) is 0 Å². The highest BCUT2D eigenvalue weighted by atomic mass is 32.1. The smallest absolute Gasteiger partial charge is 0.310 e. The van der Waals surface area contributed by atoms with E-state index in [0.29, 0.717) is 6.42 Å². The summed E-state index contributed by atoms with van der Waals surface area (Å²) in [5.74, 6) is 0.110. The molecule has 1 fully saturated rings. The number of unbranched alkanes of at least 4 members (excludes halogenated alkanes) is 1. The molecule has 1 heterocycles. The molecule has 0 unspecified atom stereocenters. The Bertz CT molecular complexity index is 467. The molecule has 1 aromatic rings. The molecule has 3 nitrogen and oxygen atoms in total. The van der Waals surface area contributed by atoms with Gasteiger partial charge in [-0.1, -0.05) is 26.2 Å². The predicted molar refractivity (Wildman–Crippen MR) is 86.8 cm³/mol. The molecular formula is C17H27NO2S. The Labute approximate surface area is 131 Å². The van der Waals surface area contributed by atoms with Crippen LogP contribution in [0.15, 0.2) is 0 Å². The number of carbonyl (C=O) groups is 1. The zero-order chi connectivity index (χ0) is 15.5. The number of carboxylic acids is 1. The molecule has 0 radical (unpaired) electrons. The molecular weight excluding hydrogens is 282 g/mol. The summed E-state index contributed by atoms with van der Waals surface area (Å²) >= 11 is 1.66. The second-order valence-electron chi connectivity index (χ2n) is 6.60. The predicted octanol–water partition coefficient (Wildman–Crippen LogP) is 4.75. The number of aliphatic carboxylic acids is 1. The first-order valence-electron chi connectivity index (χ1n) is 8.13. The molecule has 0 spiro atoms. The Morgan fingerprint density at radius 3 is 2.52 bits per heavy atom. The maximum atomic E-state index is 11.9. The van der Waals surface area contributed by atoms with Crippen molar-refractivity contribution in [3.63, 3.8) is 0 Å². The van der Waals surface area contributed by atoms with Crippen LogP contribution in [0.2, 0.25) is 0 Å². The van der Waals surface area contributed by atoms with Crippen molar-refractivity contribution in [3.8, 4) is 0 Å². The average Bonchev–Trinajstić information content (AvgIpc) is 2.76. The standard InChI is InChI=1S/C17H27NO2S/c1-4-5-6-14-7-9-17(10-8-14,16(19)20)11-15-18-12(2)13(3)21-15/h14H,4-11H2,1-3H3,(H,19,20). The van der Waals surface area contributed by atoms with Crippen molar-refractivity contribution in [1.82, 2.24) is 4.98 Å². The highest BCUT2D eigenvalue weighted by Gasteiger charge is 2.42. The van der Waals surface area contributed by atoms with Crippen LogP contribution in [0.25, 0.3) is 0 Å². The SMILES string of the molecule is CCCCC1CCC(Cc2nc(C)c(C)s2)(C(=O)O)CC1. The summed E-state index contributed by atoms with van der Waals surface area (Å²) in [5, 5.41) is 10.8. The quantitative estimate of drug-likeness (QED) is 0.824. The van der Waals surface area contributed by atoms with Gasteiger partial charge in [-0.2, -0.15) is 0 Å². The Balaban J connectivity index is 2.04. The molecule has 1 N–H and O–H groups in total. The lowest BCUT2D eigenvalue weighted by Gasteiger charge is -2.36. The summed E-state index contributed by atoms with van der Waals surface area (Å²) in [5.41, 5.74) is 0.478. The number of aromatic nitrogens is 1. The van der Waals surface area contributed by atoms with Crippen LogP contribution >= 0.6 is 11.3 Å². The van der Waals surface area contributed by atoms with Crippen molar-refractivity contribution in [1.29, 1.82) is 0 Å². The summed E-state index contributed by atoms with van der Waals surface area (Å²) in [6.07, 6.45) is 8.14. The summed E-state index contributed by atoms with van der Waals surface area (Å²) in [6.45, 7) is 6.29. The second kappa shape index (κ2) is 6.91. The summed E-state index contributed by atoms with van der Waals surface area (Å²) in [4.78, 5) is 17.6. The third-order valence-corrected chi connectivity index (χ3v) is 6.12. The lowest BCUT2D eigenvalue weighted by molar-refractivity contribution is -0.151. The number of rotatable bonds is 6. The van der Waals surface area contributed by atoms with E-state index < -0.39 is 11.4 Å². The minimum Gasteiger partial charge on any atom is -0.481 e. The van der Waals surface area contributed by atoms with Crippen molar-refractivity contribution in [2.45, 2.75) is 72.1 Å². The van der Waals surface area contributed by atoms with E-state index in [1.807, 2.05) is 6.92 Å². The van der Waals surface area contributed by atoms with Crippen molar-refractivity contribution in [2.24, 2.45) is 11.3 Å². The van der Waals surface area contributed by atoms with Crippen LogP contribution in [-0.2, 0) is 11.2 Å². The zero-order valence-corrected chi connectivity index (χ0v) is 14.3. The Morgan fingerprint density at radius 2 is 2.05 bits per heavy atom. The van der Waals surface area contributed by atoms with Crippen LogP contribution < -0.4 is 0 Å². The molecule has 0 amide bonds. The third-order valence-electron chi connectivity index (χ3n) is 5.04. The number of hydrogen-bond acceptors (Lipinski definition) is 3. The van der Waals surface area contributed by atoms with Gasteiger partial charge in [-0.3, -0.25) is 4.79 Å². The van der Waals surface area contributed by atoms with Crippen LogP contribution in [0.3, 0.4) is 0 Å². The number of carboxylic acid groups (broad SMARTS) is 1. The minimum absolute atomic E-state index is 0.570. The van der Waals surface area contributed by atoms with E-state index in [-0.39, 0.29) is 0 Å². The molecule has 0 atom stereocenters. The Kier molecular flexibility index (Phi) is 5.42. The molecule has 4 heteroatoms. The van der Waals surface area contributed by atoms with Crippen molar-refractivity contribution >= 4 is 17.3 Å². The summed E-state index contributed by atoms with van der Waals surface area (Å²) < 4.78 is 0.